The number of hydrogen-bond donors (Lipinski definition) is 1. The molecule has 1 N–H and O–H groups in total. The second kappa shape index (κ2) is 5.25. The molecule has 1 aromatic carbocycles. The zero-order valence-electron chi connectivity index (χ0n) is 11.2. The molecule has 2 aliphatic rings. The van der Waals surface area contributed by atoms with Gasteiger partial charge in [0.25, 0.3) is 15.0 Å². The molecule has 0 spiro atoms. The van der Waals surface area contributed by atoms with Gasteiger partial charge >= 0.3 is 0 Å². The van der Waals surface area contributed by atoms with E-state index < -0.39 is 20.8 Å². The zero-order chi connectivity index (χ0) is 15.2. The fourth-order valence-electron chi connectivity index (χ4n) is 3.50. The van der Waals surface area contributed by atoms with Gasteiger partial charge in [0.2, 0.25) is 0 Å². The Kier molecular flexibility index (Phi) is 3.69. The van der Waals surface area contributed by atoms with Crippen molar-refractivity contribution >= 4 is 25.6 Å². The molecule has 3 unspecified atom stereocenters. The van der Waals surface area contributed by atoms with E-state index in [0.29, 0.717) is 11.8 Å². The Morgan fingerprint density at radius 2 is 2.05 bits per heavy atom. The van der Waals surface area contributed by atoms with Crippen LogP contribution >= 0.6 is 10.7 Å². The van der Waals surface area contributed by atoms with Crippen molar-refractivity contribution in [2.75, 3.05) is 0 Å². The summed E-state index contributed by atoms with van der Waals surface area (Å²) in [6, 6.07) is 3.05. The van der Waals surface area contributed by atoms with Crippen molar-refractivity contribution in [3.63, 3.8) is 0 Å². The molecule has 3 rings (SSSR count). The zero-order valence-corrected chi connectivity index (χ0v) is 12.8. The summed E-state index contributed by atoms with van der Waals surface area (Å²) in [5, 5.41) is 2.83. The lowest BCUT2D eigenvalue weighted by Crippen LogP contribution is -2.38. The number of hydrogen-bond acceptors (Lipinski definition) is 3. The molecule has 2 fully saturated rings. The van der Waals surface area contributed by atoms with E-state index in [9.17, 15) is 17.6 Å². The van der Waals surface area contributed by atoms with Crippen LogP contribution in [0.15, 0.2) is 23.1 Å². The van der Waals surface area contributed by atoms with Gasteiger partial charge in [0.15, 0.2) is 0 Å². The number of halogens is 2. The van der Waals surface area contributed by atoms with E-state index in [2.05, 4.69) is 5.32 Å². The standard InChI is InChI=1S/C14H15ClFNO3S/c15-21(19,20)10-3-4-12(16)11(7-10)14(18)17-13-6-8-1-2-9(13)5-8/h3-4,7-9,13H,1-2,5-6H2,(H,17,18). The van der Waals surface area contributed by atoms with Crippen LogP contribution in [0.1, 0.15) is 36.0 Å². The fraction of sp³-hybridized carbons (Fsp3) is 0.500. The topological polar surface area (TPSA) is 63.2 Å². The van der Waals surface area contributed by atoms with E-state index >= 15 is 0 Å². The minimum atomic E-state index is -3.99. The first kappa shape index (κ1) is 14.8. The third kappa shape index (κ3) is 2.92. The summed E-state index contributed by atoms with van der Waals surface area (Å²) in [4.78, 5) is 11.9. The first-order chi connectivity index (χ1) is 9.84. The molecule has 2 aliphatic carbocycles. The molecule has 21 heavy (non-hydrogen) atoms. The summed E-state index contributed by atoms with van der Waals surface area (Å²) in [6.45, 7) is 0. The maximum Gasteiger partial charge on any atom is 0.261 e. The van der Waals surface area contributed by atoms with Crippen molar-refractivity contribution < 1.29 is 17.6 Å². The predicted molar refractivity (Wildman–Crippen MR) is 76.1 cm³/mol. The van der Waals surface area contributed by atoms with E-state index in [0.717, 1.165) is 37.5 Å². The van der Waals surface area contributed by atoms with Crippen LogP contribution in [0.3, 0.4) is 0 Å². The van der Waals surface area contributed by atoms with E-state index in [4.69, 9.17) is 10.7 Å². The van der Waals surface area contributed by atoms with Crippen molar-refractivity contribution in [3.05, 3.63) is 29.6 Å². The first-order valence-electron chi connectivity index (χ1n) is 6.89. The second-order valence-corrected chi connectivity index (χ2v) is 8.40. The molecule has 0 aromatic heterocycles. The quantitative estimate of drug-likeness (QED) is 0.866. The number of fused-ring (bicyclic) bond motifs is 2. The summed E-state index contributed by atoms with van der Waals surface area (Å²) in [7, 11) is 1.24. The van der Waals surface area contributed by atoms with Gasteiger partial charge in [0, 0.05) is 16.7 Å². The van der Waals surface area contributed by atoms with Gasteiger partial charge in [-0.15, -0.1) is 0 Å². The summed E-state index contributed by atoms with van der Waals surface area (Å²) in [5.41, 5.74) is -0.278. The van der Waals surface area contributed by atoms with Crippen LogP contribution in [-0.2, 0) is 9.05 Å². The van der Waals surface area contributed by atoms with Crippen LogP contribution in [0, 0.1) is 17.7 Å². The molecule has 2 bridgehead atoms. The number of benzene rings is 1. The van der Waals surface area contributed by atoms with Crippen LogP contribution < -0.4 is 5.32 Å². The van der Waals surface area contributed by atoms with Gasteiger partial charge < -0.3 is 5.32 Å². The molecule has 7 heteroatoms. The van der Waals surface area contributed by atoms with Crippen LogP contribution in [0.4, 0.5) is 4.39 Å². The third-order valence-corrected chi connectivity index (χ3v) is 5.87. The Morgan fingerprint density at radius 1 is 1.29 bits per heavy atom. The number of amides is 1. The number of carbonyl (C=O) groups excluding carboxylic acids is 1. The average Bonchev–Trinajstić information content (AvgIpc) is 2.99. The van der Waals surface area contributed by atoms with Gasteiger partial charge in [-0.25, -0.2) is 12.8 Å². The number of rotatable bonds is 3. The first-order valence-corrected chi connectivity index (χ1v) is 9.20. The molecule has 0 aliphatic heterocycles. The molecule has 2 saturated carbocycles. The lowest BCUT2D eigenvalue weighted by atomic mass is 9.95. The van der Waals surface area contributed by atoms with Crippen molar-refractivity contribution in [1.29, 1.82) is 0 Å². The molecular weight excluding hydrogens is 317 g/mol. The van der Waals surface area contributed by atoms with Crippen LogP contribution in [0.2, 0.25) is 0 Å². The molecule has 0 saturated heterocycles. The Morgan fingerprint density at radius 3 is 2.62 bits per heavy atom. The van der Waals surface area contributed by atoms with Crippen molar-refractivity contribution in [2.45, 2.75) is 36.6 Å². The molecule has 1 aromatic rings. The molecule has 1 amide bonds. The van der Waals surface area contributed by atoms with E-state index in [1.807, 2.05) is 0 Å². The summed E-state index contributed by atoms with van der Waals surface area (Å²) in [6.07, 6.45) is 4.33. The van der Waals surface area contributed by atoms with Crippen LogP contribution in [0.25, 0.3) is 0 Å². The van der Waals surface area contributed by atoms with Gasteiger partial charge in [-0.3, -0.25) is 4.79 Å². The predicted octanol–water partition coefficient (Wildman–Crippen LogP) is 2.67. The third-order valence-electron chi connectivity index (χ3n) is 4.52. The SMILES string of the molecule is O=C(NC1CC2CCC1C2)c1cc(S(=O)(=O)Cl)ccc1F. The summed E-state index contributed by atoms with van der Waals surface area (Å²) >= 11 is 0. The van der Waals surface area contributed by atoms with Gasteiger partial charge in [-0.05, 0) is 49.3 Å². The Labute approximate surface area is 127 Å². The maximum atomic E-state index is 13.8. The highest BCUT2D eigenvalue weighted by Gasteiger charge is 2.40. The largest absolute Gasteiger partial charge is 0.349 e. The minimum Gasteiger partial charge on any atom is -0.349 e. The second-order valence-electron chi connectivity index (χ2n) is 5.83. The highest BCUT2D eigenvalue weighted by Crippen LogP contribution is 2.44. The summed E-state index contributed by atoms with van der Waals surface area (Å²) in [5.74, 6) is -0.214. The molecule has 0 radical (unpaired) electrons. The lowest BCUT2D eigenvalue weighted by Gasteiger charge is -2.23. The molecular formula is C14H15ClFNO3S. The molecule has 3 atom stereocenters. The van der Waals surface area contributed by atoms with Gasteiger partial charge in [0.1, 0.15) is 5.82 Å². The fourth-order valence-corrected chi connectivity index (χ4v) is 4.27. The minimum absolute atomic E-state index is 0.0620. The smallest absolute Gasteiger partial charge is 0.261 e. The lowest BCUT2D eigenvalue weighted by molar-refractivity contribution is 0.0918. The maximum absolute atomic E-state index is 13.8. The molecule has 0 heterocycles. The van der Waals surface area contributed by atoms with Crippen LogP contribution in [-0.4, -0.2) is 20.4 Å². The van der Waals surface area contributed by atoms with Crippen LogP contribution in [0.5, 0.6) is 0 Å². The molecule has 4 nitrogen and oxygen atoms in total. The Hall–Kier alpha value is -1.14. The van der Waals surface area contributed by atoms with E-state index in [1.54, 1.807) is 0 Å². The van der Waals surface area contributed by atoms with Gasteiger partial charge in [0.05, 0.1) is 10.5 Å². The number of carbonyl (C=O) groups is 1. The van der Waals surface area contributed by atoms with E-state index in [-0.39, 0.29) is 16.5 Å². The molecule has 114 valence electrons. The Bertz CT molecular complexity index is 691. The van der Waals surface area contributed by atoms with Crippen molar-refractivity contribution in [1.82, 2.24) is 5.32 Å². The highest BCUT2D eigenvalue weighted by molar-refractivity contribution is 8.13. The Balaban J connectivity index is 1.81. The van der Waals surface area contributed by atoms with Gasteiger partial charge in [-0.2, -0.15) is 0 Å². The van der Waals surface area contributed by atoms with E-state index in [1.165, 1.54) is 6.42 Å². The summed E-state index contributed by atoms with van der Waals surface area (Å²) < 4.78 is 36.3. The normalized spacial score (nSPS) is 27.8. The monoisotopic (exact) mass is 331 g/mol. The van der Waals surface area contributed by atoms with Gasteiger partial charge in [-0.1, -0.05) is 6.42 Å². The van der Waals surface area contributed by atoms with Crippen molar-refractivity contribution in [3.8, 4) is 0 Å². The average molecular weight is 332 g/mol. The highest BCUT2D eigenvalue weighted by atomic mass is 35.7. The number of nitrogens with one attached hydrogen (secondary N) is 1. The van der Waals surface area contributed by atoms with Crippen molar-refractivity contribution in [2.24, 2.45) is 11.8 Å².